The fourth-order valence-electron chi connectivity index (χ4n) is 5.31. The van der Waals surface area contributed by atoms with Crippen molar-refractivity contribution in [2.24, 2.45) is 0 Å². The second-order valence-corrected chi connectivity index (χ2v) is 9.57. The van der Waals surface area contributed by atoms with Crippen LogP contribution in [-0.2, 0) is 6.54 Å². The quantitative estimate of drug-likeness (QED) is 0.492. The number of nitrogens with one attached hydrogen (secondary N) is 2. The van der Waals surface area contributed by atoms with Crippen molar-refractivity contribution in [1.82, 2.24) is 4.98 Å². The van der Waals surface area contributed by atoms with E-state index < -0.39 is 0 Å². The summed E-state index contributed by atoms with van der Waals surface area (Å²) < 4.78 is 10.8. The zero-order chi connectivity index (χ0) is 24.2. The number of pyridine rings is 1. The largest absolute Gasteiger partial charge is 0.493 e. The maximum Gasteiger partial charge on any atom is 0.253 e. The number of ether oxygens (including phenoxy) is 2. The number of fused-ring (bicyclic) bond motifs is 1. The predicted molar refractivity (Wildman–Crippen MR) is 144 cm³/mol. The first-order valence-electron chi connectivity index (χ1n) is 12.8. The van der Waals surface area contributed by atoms with Gasteiger partial charge in [-0.2, -0.15) is 0 Å². The van der Waals surface area contributed by atoms with Gasteiger partial charge in [0.1, 0.15) is 0 Å². The molecule has 35 heavy (non-hydrogen) atoms. The van der Waals surface area contributed by atoms with Gasteiger partial charge in [-0.05, 0) is 68.9 Å². The minimum absolute atomic E-state index is 0.0957. The van der Waals surface area contributed by atoms with Crippen molar-refractivity contribution in [3.63, 3.8) is 0 Å². The van der Waals surface area contributed by atoms with E-state index in [1.54, 1.807) is 20.3 Å². The number of aromatic nitrogens is 1. The van der Waals surface area contributed by atoms with Crippen LogP contribution in [0.25, 0.3) is 10.9 Å². The van der Waals surface area contributed by atoms with Crippen molar-refractivity contribution in [1.29, 1.82) is 0 Å². The Bertz CT molecular complexity index is 1230. The molecule has 0 radical (unpaired) electrons. The molecule has 2 aliphatic rings. The minimum Gasteiger partial charge on any atom is -0.493 e. The van der Waals surface area contributed by atoms with E-state index >= 15 is 0 Å². The summed E-state index contributed by atoms with van der Waals surface area (Å²) in [7, 11) is 3.21. The van der Waals surface area contributed by atoms with Crippen LogP contribution < -0.4 is 30.1 Å². The first kappa shape index (κ1) is 23.4. The molecular weight excluding hydrogens is 440 g/mol. The maximum absolute atomic E-state index is 12.9. The average molecular weight is 477 g/mol. The number of anilines is 3. The lowest BCUT2D eigenvalue weighted by Gasteiger charge is -2.34. The van der Waals surface area contributed by atoms with Crippen LogP contribution in [0.3, 0.4) is 0 Å². The summed E-state index contributed by atoms with van der Waals surface area (Å²) in [6.07, 6.45) is 7.60. The highest BCUT2D eigenvalue weighted by Crippen LogP contribution is 2.35. The lowest BCUT2D eigenvalue weighted by molar-refractivity contribution is 0.356. The SMILES string of the molecule is COc1cc2cc(CNc3ccc(N4CCCCC4)cc3N3CCCCC3)c(=O)[nH]c2cc1OC. The fourth-order valence-corrected chi connectivity index (χ4v) is 5.31. The molecule has 2 fully saturated rings. The van der Waals surface area contributed by atoms with E-state index in [-0.39, 0.29) is 5.56 Å². The molecule has 0 amide bonds. The summed E-state index contributed by atoms with van der Waals surface area (Å²) in [6, 6.07) is 12.4. The third kappa shape index (κ3) is 5.04. The second kappa shape index (κ2) is 10.5. The van der Waals surface area contributed by atoms with Crippen LogP contribution >= 0.6 is 0 Å². The third-order valence-corrected chi connectivity index (χ3v) is 7.29. The summed E-state index contributed by atoms with van der Waals surface area (Å²) in [6.45, 7) is 4.87. The smallest absolute Gasteiger partial charge is 0.253 e. The molecule has 0 aliphatic carbocycles. The monoisotopic (exact) mass is 476 g/mol. The average Bonchev–Trinajstić information content (AvgIpc) is 2.92. The van der Waals surface area contributed by atoms with E-state index in [0.29, 0.717) is 23.6 Å². The molecule has 2 saturated heterocycles. The molecule has 5 rings (SSSR count). The summed E-state index contributed by atoms with van der Waals surface area (Å²) in [5, 5.41) is 4.49. The van der Waals surface area contributed by atoms with Crippen LogP contribution in [0, 0.1) is 0 Å². The lowest BCUT2D eigenvalue weighted by atomic mass is 10.1. The highest BCUT2D eigenvalue weighted by Gasteiger charge is 2.18. The summed E-state index contributed by atoms with van der Waals surface area (Å²) in [4.78, 5) is 20.9. The summed E-state index contributed by atoms with van der Waals surface area (Å²) in [5.74, 6) is 1.24. The highest BCUT2D eigenvalue weighted by molar-refractivity contribution is 5.83. The third-order valence-electron chi connectivity index (χ3n) is 7.29. The minimum atomic E-state index is -0.0957. The van der Waals surface area contributed by atoms with E-state index in [1.807, 2.05) is 12.1 Å². The van der Waals surface area contributed by atoms with Crippen molar-refractivity contribution in [3.8, 4) is 11.5 Å². The molecule has 3 heterocycles. The Kier molecular flexibility index (Phi) is 7.02. The van der Waals surface area contributed by atoms with Crippen molar-refractivity contribution in [2.45, 2.75) is 45.1 Å². The van der Waals surface area contributed by atoms with Crippen LogP contribution in [0.1, 0.15) is 44.1 Å². The molecule has 186 valence electrons. The molecule has 2 aliphatic heterocycles. The highest BCUT2D eigenvalue weighted by atomic mass is 16.5. The first-order chi connectivity index (χ1) is 17.2. The van der Waals surface area contributed by atoms with Crippen LogP contribution in [0.5, 0.6) is 11.5 Å². The van der Waals surface area contributed by atoms with E-state index in [9.17, 15) is 4.79 Å². The Morgan fingerprint density at radius 3 is 2.17 bits per heavy atom. The van der Waals surface area contributed by atoms with Gasteiger partial charge in [-0.3, -0.25) is 4.79 Å². The Morgan fingerprint density at radius 2 is 1.49 bits per heavy atom. The molecule has 7 heteroatoms. The van der Waals surface area contributed by atoms with Gasteiger partial charge in [0.05, 0.1) is 31.1 Å². The van der Waals surface area contributed by atoms with E-state index in [4.69, 9.17) is 9.47 Å². The van der Waals surface area contributed by atoms with E-state index in [1.165, 1.54) is 49.9 Å². The molecular formula is C28H36N4O3. The van der Waals surface area contributed by atoms with E-state index in [0.717, 1.165) is 42.8 Å². The molecule has 7 nitrogen and oxygen atoms in total. The molecule has 2 N–H and O–H groups in total. The maximum atomic E-state index is 12.9. The molecule has 0 saturated carbocycles. The number of hydrogen-bond donors (Lipinski definition) is 2. The van der Waals surface area contributed by atoms with Crippen molar-refractivity contribution in [2.75, 3.05) is 55.5 Å². The van der Waals surface area contributed by atoms with Gasteiger partial charge >= 0.3 is 0 Å². The van der Waals surface area contributed by atoms with Gasteiger partial charge in [0.15, 0.2) is 11.5 Å². The van der Waals surface area contributed by atoms with Gasteiger partial charge in [0.25, 0.3) is 5.56 Å². The first-order valence-corrected chi connectivity index (χ1v) is 12.8. The van der Waals surface area contributed by atoms with Crippen molar-refractivity contribution < 1.29 is 9.47 Å². The zero-order valence-corrected chi connectivity index (χ0v) is 20.9. The lowest BCUT2D eigenvalue weighted by Crippen LogP contribution is -2.32. The number of piperidine rings is 2. The summed E-state index contributed by atoms with van der Waals surface area (Å²) >= 11 is 0. The number of rotatable bonds is 7. The number of H-pyrrole nitrogens is 1. The Labute approximate surface area is 207 Å². The number of hydrogen-bond acceptors (Lipinski definition) is 6. The van der Waals surface area contributed by atoms with Crippen LogP contribution in [-0.4, -0.2) is 45.4 Å². The molecule has 3 aromatic rings. The molecule has 2 aromatic carbocycles. The molecule has 0 bridgehead atoms. The van der Waals surface area contributed by atoms with E-state index in [2.05, 4.69) is 38.3 Å². The Balaban J connectivity index is 1.42. The van der Waals surface area contributed by atoms with Crippen LogP contribution in [0.4, 0.5) is 17.1 Å². The van der Waals surface area contributed by atoms with Gasteiger partial charge < -0.3 is 29.6 Å². The van der Waals surface area contributed by atoms with Gasteiger partial charge in [-0.25, -0.2) is 0 Å². The van der Waals surface area contributed by atoms with Crippen molar-refractivity contribution in [3.05, 3.63) is 52.3 Å². The number of methoxy groups -OCH3 is 2. The molecule has 0 atom stereocenters. The zero-order valence-electron chi connectivity index (χ0n) is 20.9. The van der Waals surface area contributed by atoms with Gasteiger partial charge in [-0.1, -0.05) is 0 Å². The Morgan fingerprint density at radius 1 is 0.829 bits per heavy atom. The molecule has 1 aromatic heterocycles. The van der Waals surface area contributed by atoms with Crippen molar-refractivity contribution >= 4 is 28.0 Å². The normalized spacial score (nSPS) is 16.4. The summed E-state index contributed by atoms with van der Waals surface area (Å²) in [5.41, 5.74) is 4.96. The standard InChI is InChI=1S/C28H36N4O3/c1-34-26-16-20-15-21(28(33)30-24(20)18-27(26)35-2)19-29-23-10-9-22(31-11-5-3-6-12-31)17-25(23)32-13-7-4-8-14-32/h9-10,15-18,29H,3-8,11-14,19H2,1-2H3,(H,30,33). The number of nitrogens with zero attached hydrogens (tertiary/aromatic N) is 2. The predicted octanol–water partition coefficient (Wildman–Crippen LogP) is 5.14. The second-order valence-electron chi connectivity index (χ2n) is 9.57. The van der Waals surface area contributed by atoms with Crippen LogP contribution in [0.2, 0.25) is 0 Å². The number of benzene rings is 2. The van der Waals surface area contributed by atoms with Gasteiger partial charge in [0, 0.05) is 55.4 Å². The number of aromatic amines is 1. The Hall–Kier alpha value is -3.35. The molecule has 0 unspecified atom stereocenters. The van der Waals surface area contributed by atoms with Gasteiger partial charge in [0.2, 0.25) is 0 Å². The van der Waals surface area contributed by atoms with Gasteiger partial charge in [-0.15, -0.1) is 0 Å². The molecule has 0 spiro atoms. The fraction of sp³-hybridized carbons (Fsp3) is 0.464. The van der Waals surface area contributed by atoms with Crippen LogP contribution in [0.15, 0.2) is 41.2 Å². The topological polar surface area (TPSA) is 69.8 Å².